The van der Waals surface area contributed by atoms with Crippen molar-refractivity contribution in [3.05, 3.63) is 69.4 Å². The molecule has 2 heterocycles. The maximum Gasteiger partial charge on any atom is 0.343 e. The summed E-state index contributed by atoms with van der Waals surface area (Å²) >= 11 is 1.30. The van der Waals surface area contributed by atoms with Crippen LogP contribution < -0.4 is 5.69 Å². The van der Waals surface area contributed by atoms with Gasteiger partial charge in [0, 0.05) is 30.0 Å². The first kappa shape index (κ1) is 20.2. The fraction of sp³-hybridized carbons (Fsp3) is 0.381. The highest BCUT2D eigenvalue weighted by molar-refractivity contribution is 7.99. The van der Waals surface area contributed by atoms with Gasteiger partial charge in [-0.15, -0.1) is 5.10 Å². The Kier molecular flexibility index (Phi) is 6.57. The lowest BCUT2D eigenvalue weighted by Crippen LogP contribution is -2.19. The predicted molar refractivity (Wildman–Crippen MR) is 112 cm³/mol. The second kappa shape index (κ2) is 9.10. The molecule has 2 aromatic heterocycles. The van der Waals surface area contributed by atoms with Gasteiger partial charge in [0.2, 0.25) is 0 Å². The van der Waals surface area contributed by atoms with Gasteiger partial charge in [-0.3, -0.25) is 9.36 Å². The smallest absolute Gasteiger partial charge is 0.343 e. The molecule has 0 fully saturated rings. The topological polar surface area (TPSA) is 72.7 Å². The maximum atomic E-state index is 12.7. The van der Waals surface area contributed by atoms with E-state index in [2.05, 4.69) is 21.7 Å². The summed E-state index contributed by atoms with van der Waals surface area (Å²) in [7, 11) is 0. The van der Waals surface area contributed by atoms with Crippen LogP contribution in [0, 0.1) is 13.8 Å². The summed E-state index contributed by atoms with van der Waals surface area (Å²) < 4.78 is 3.79. The second-order valence-electron chi connectivity index (χ2n) is 6.85. The van der Waals surface area contributed by atoms with Crippen LogP contribution in [0.15, 0.2) is 46.3 Å². The predicted octanol–water partition coefficient (Wildman–Crippen LogP) is 3.62. The lowest BCUT2D eigenvalue weighted by Gasteiger charge is -2.08. The average molecular weight is 399 g/mol. The van der Waals surface area contributed by atoms with Crippen molar-refractivity contribution in [2.75, 3.05) is 5.75 Å². The van der Waals surface area contributed by atoms with Crippen molar-refractivity contribution in [2.45, 2.75) is 51.9 Å². The zero-order valence-corrected chi connectivity index (χ0v) is 17.4. The number of nitrogens with one attached hydrogen (secondary N) is 1. The van der Waals surface area contributed by atoms with Gasteiger partial charge in [0.25, 0.3) is 0 Å². The van der Waals surface area contributed by atoms with E-state index >= 15 is 0 Å². The van der Waals surface area contributed by atoms with Crippen LogP contribution >= 0.6 is 11.8 Å². The molecule has 28 heavy (non-hydrogen) atoms. The van der Waals surface area contributed by atoms with Crippen molar-refractivity contribution in [3.63, 3.8) is 0 Å². The SMILES string of the molecule is CCCn1c(C)cc(C(=O)CSc2n[nH]c(=O)n2CCc2ccccc2)c1C. The molecule has 0 aliphatic carbocycles. The van der Waals surface area contributed by atoms with E-state index in [1.165, 1.54) is 11.8 Å². The van der Waals surface area contributed by atoms with E-state index in [1.807, 2.05) is 50.2 Å². The molecule has 1 N–H and O–H groups in total. The number of carbonyl (C=O) groups excluding carboxylic acids is 1. The lowest BCUT2D eigenvalue weighted by molar-refractivity contribution is 0.102. The molecule has 0 amide bonds. The monoisotopic (exact) mass is 398 g/mol. The summed E-state index contributed by atoms with van der Waals surface area (Å²) in [5, 5.41) is 7.15. The fourth-order valence-electron chi connectivity index (χ4n) is 3.36. The van der Waals surface area contributed by atoms with E-state index < -0.39 is 0 Å². The molecule has 0 aliphatic rings. The van der Waals surface area contributed by atoms with Crippen LogP contribution in [0.2, 0.25) is 0 Å². The molecule has 1 aromatic carbocycles. The Balaban J connectivity index is 1.67. The summed E-state index contributed by atoms with van der Waals surface area (Å²) in [4.78, 5) is 24.8. The van der Waals surface area contributed by atoms with Crippen LogP contribution in [0.25, 0.3) is 0 Å². The van der Waals surface area contributed by atoms with Gasteiger partial charge in [-0.25, -0.2) is 9.89 Å². The Bertz CT molecular complexity index is 1000. The minimum Gasteiger partial charge on any atom is -0.348 e. The summed E-state index contributed by atoms with van der Waals surface area (Å²) in [5.41, 5.74) is 3.78. The van der Waals surface area contributed by atoms with Gasteiger partial charge >= 0.3 is 5.69 Å². The third kappa shape index (κ3) is 4.47. The van der Waals surface area contributed by atoms with Gasteiger partial charge in [0.1, 0.15) is 0 Å². The number of aromatic amines is 1. The molecule has 7 heteroatoms. The van der Waals surface area contributed by atoms with Gasteiger partial charge in [-0.05, 0) is 38.3 Å². The van der Waals surface area contributed by atoms with Gasteiger partial charge in [-0.1, -0.05) is 49.0 Å². The molecule has 0 atom stereocenters. The molecule has 0 saturated heterocycles. The second-order valence-corrected chi connectivity index (χ2v) is 7.79. The van der Waals surface area contributed by atoms with E-state index in [1.54, 1.807) is 4.57 Å². The zero-order chi connectivity index (χ0) is 20.1. The first-order chi connectivity index (χ1) is 13.5. The van der Waals surface area contributed by atoms with E-state index in [4.69, 9.17) is 0 Å². The third-order valence-corrected chi connectivity index (χ3v) is 5.82. The molecule has 6 nitrogen and oxygen atoms in total. The highest BCUT2D eigenvalue weighted by atomic mass is 32.2. The summed E-state index contributed by atoms with van der Waals surface area (Å²) in [5.74, 6) is 0.317. The number of benzene rings is 1. The molecule has 0 radical (unpaired) electrons. The first-order valence-electron chi connectivity index (χ1n) is 9.53. The highest BCUT2D eigenvalue weighted by Gasteiger charge is 2.17. The molecular weight excluding hydrogens is 372 g/mol. The Morgan fingerprint density at radius 1 is 1.14 bits per heavy atom. The number of Topliss-reactive ketones (excluding diaryl/α,β-unsaturated/α-hetero) is 1. The molecule has 0 bridgehead atoms. The normalized spacial score (nSPS) is 11.1. The summed E-state index contributed by atoms with van der Waals surface area (Å²) in [6.45, 7) is 7.59. The number of aryl methyl sites for hydroxylation is 2. The minimum atomic E-state index is -0.244. The summed E-state index contributed by atoms with van der Waals surface area (Å²) in [6.07, 6.45) is 1.76. The summed E-state index contributed by atoms with van der Waals surface area (Å²) in [6, 6.07) is 12.0. The van der Waals surface area contributed by atoms with Crippen molar-refractivity contribution in [1.29, 1.82) is 0 Å². The van der Waals surface area contributed by atoms with Crippen molar-refractivity contribution in [3.8, 4) is 0 Å². The van der Waals surface area contributed by atoms with Crippen LogP contribution in [-0.4, -0.2) is 30.9 Å². The van der Waals surface area contributed by atoms with E-state index in [0.29, 0.717) is 11.7 Å². The number of aromatic nitrogens is 4. The highest BCUT2D eigenvalue weighted by Crippen LogP contribution is 2.21. The van der Waals surface area contributed by atoms with Gasteiger partial charge in [0.05, 0.1) is 5.75 Å². The number of thioether (sulfide) groups is 1. The van der Waals surface area contributed by atoms with Gasteiger partial charge in [0.15, 0.2) is 10.9 Å². The van der Waals surface area contributed by atoms with Crippen LogP contribution in [0.1, 0.15) is 40.7 Å². The van der Waals surface area contributed by atoms with Crippen LogP contribution in [0.3, 0.4) is 0 Å². The minimum absolute atomic E-state index is 0.0607. The lowest BCUT2D eigenvalue weighted by atomic mass is 10.1. The van der Waals surface area contributed by atoms with Crippen molar-refractivity contribution in [1.82, 2.24) is 19.3 Å². The van der Waals surface area contributed by atoms with E-state index in [-0.39, 0.29) is 17.2 Å². The molecule has 3 rings (SSSR count). The first-order valence-corrected chi connectivity index (χ1v) is 10.5. The molecule has 3 aromatic rings. The number of hydrogen-bond acceptors (Lipinski definition) is 4. The number of nitrogens with zero attached hydrogens (tertiary/aromatic N) is 3. The van der Waals surface area contributed by atoms with Crippen molar-refractivity contribution in [2.24, 2.45) is 0 Å². The zero-order valence-electron chi connectivity index (χ0n) is 16.6. The molecule has 0 spiro atoms. The number of hydrogen-bond donors (Lipinski definition) is 1. The number of carbonyl (C=O) groups is 1. The molecule has 148 valence electrons. The number of rotatable bonds is 9. The van der Waals surface area contributed by atoms with Crippen LogP contribution in [-0.2, 0) is 19.5 Å². The Morgan fingerprint density at radius 2 is 1.89 bits per heavy atom. The Hall–Kier alpha value is -2.54. The van der Waals surface area contributed by atoms with Crippen molar-refractivity contribution < 1.29 is 4.79 Å². The standard InChI is InChI=1S/C21H26N4O2S/c1-4-11-24-15(2)13-18(16(24)3)19(26)14-28-21-23-22-20(27)25(21)12-10-17-8-6-5-7-9-17/h5-9,13H,4,10-12,14H2,1-3H3,(H,22,27). The third-order valence-electron chi connectivity index (χ3n) is 4.84. The van der Waals surface area contributed by atoms with Gasteiger partial charge < -0.3 is 4.57 Å². The van der Waals surface area contributed by atoms with Crippen molar-refractivity contribution >= 4 is 17.5 Å². The average Bonchev–Trinajstić information content (AvgIpc) is 3.19. The molecule has 0 aliphatic heterocycles. The van der Waals surface area contributed by atoms with Crippen LogP contribution in [0.5, 0.6) is 0 Å². The molecule has 0 unspecified atom stereocenters. The Labute approximate surface area is 169 Å². The number of H-pyrrole nitrogens is 1. The number of ketones is 1. The maximum absolute atomic E-state index is 12.7. The molecule has 0 saturated carbocycles. The van der Waals surface area contributed by atoms with E-state index in [0.717, 1.165) is 41.9 Å². The van der Waals surface area contributed by atoms with Crippen LogP contribution in [0.4, 0.5) is 0 Å². The Morgan fingerprint density at radius 3 is 2.61 bits per heavy atom. The largest absolute Gasteiger partial charge is 0.348 e. The fourth-order valence-corrected chi connectivity index (χ4v) is 4.21. The van der Waals surface area contributed by atoms with Gasteiger partial charge in [-0.2, -0.15) is 0 Å². The quantitative estimate of drug-likeness (QED) is 0.441. The van der Waals surface area contributed by atoms with E-state index in [9.17, 15) is 9.59 Å². The molecular formula is C21H26N4O2S.